The minimum Gasteiger partial charge on any atom is -0.490 e. The van der Waals surface area contributed by atoms with Crippen LogP contribution in [-0.4, -0.2) is 77.7 Å². The summed E-state index contributed by atoms with van der Waals surface area (Å²) >= 11 is 0. The summed E-state index contributed by atoms with van der Waals surface area (Å²) < 4.78 is 22.4. The number of methoxy groups -OCH3 is 1. The summed E-state index contributed by atoms with van der Waals surface area (Å²) in [6.45, 7) is 0.312. The third-order valence-electron chi connectivity index (χ3n) is 6.56. The Kier molecular flexibility index (Phi) is 7.37. The van der Waals surface area contributed by atoms with Crippen LogP contribution in [0.4, 0.5) is 0 Å². The number of nitrogens with zero attached hydrogens (tertiary/aromatic N) is 2. The summed E-state index contributed by atoms with van der Waals surface area (Å²) in [5.74, 6) is 1.02. The van der Waals surface area contributed by atoms with Crippen LogP contribution in [0.5, 0.6) is 17.2 Å². The van der Waals surface area contributed by atoms with Crippen molar-refractivity contribution < 1.29 is 33.6 Å². The van der Waals surface area contributed by atoms with Gasteiger partial charge in [0.05, 0.1) is 23.3 Å². The fraction of sp³-hybridized carbons (Fsp3) is 0.440. The van der Waals surface area contributed by atoms with Crippen molar-refractivity contribution in [3.63, 3.8) is 0 Å². The Labute approximate surface area is 212 Å². The van der Waals surface area contributed by atoms with Crippen LogP contribution in [0.1, 0.15) is 36.0 Å². The third kappa shape index (κ3) is 5.16. The van der Waals surface area contributed by atoms with Gasteiger partial charge < -0.3 is 39.7 Å². The van der Waals surface area contributed by atoms with E-state index in [2.05, 4.69) is 25.6 Å². The largest absolute Gasteiger partial charge is 0.490 e. The smallest absolute Gasteiger partial charge is 0.255 e. The van der Waals surface area contributed by atoms with Crippen LogP contribution >= 0.6 is 0 Å². The van der Waals surface area contributed by atoms with Crippen LogP contribution in [0.3, 0.4) is 0 Å². The quantitative estimate of drug-likeness (QED) is 0.313. The van der Waals surface area contributed by atoms with Gasteiger partial charge in [-0.3, -0.25) is 9.59 Å². The molecule has 2 aliphatic rings. The molecule has 1 aliphatic carbocycles. The Bertz CT molecular complexity index is 1290. The molecule has 2 amide bonds. The highest BCUT2D eigenvalue weighted by Crippen LogP contribution is 2.47. The number of H-pyrrole nitrogens is 1. The highest BCUT2D eigenvalue weighted by Gasteiger charge is 2.28. The van der Waals surface area contributed by atoms with E-state index in [0.29, 0.717) is 58.3 Å². The number of carbonyl (C=O) groups is 2. The van der Waals surface area contributed by atoms with Gasteiger partial charge in [-0.1, -0.05) is 0 Å². The number of hydrogen-bond acceptors (Lipinski definition) is 9. The minimum absolute atomic E-state index is 0.00953. The Morgan fingerprint density at radius 3 is 2.65 bits per heavy atom. The molecular formula is C25H29N5O7. The van der Waals surface area contributed by atoms with Crippen molar-refractivity contribution in [2.24, 2.45) is 0 Å². The first-order chi connectivity index (χ1) is 18.1. The number of ether oxygens (including phenoxy) is 4. The SMILES string of the molecule is COCCOc1ccc2c(c1-c1ncnc3c(C(=O)NC4CCC(NC(=O)CO)CC4)c[nH]c13)OCO2. The molecule has 0 spiro atoms. The van der Waals surface area contributed by atoms with Crippen LogP contribution in [-0.2, 0) is 9.53 Å². The number of aliphatic hydroxyl groups is 1. The van der Waals surface area contributed by atoms with Crippen molar-refractivity contribution in [3.05, 3.63) is 30.2 Å². The zero-order valence-electron chi connectivity index (χ0n) is 20.4. The normalized spacial score (nSPS) is 18.5. The van der Waals surface area contributed by atoms with E-state index < -0.39 is 6.61 Å². The van der Waals surface area contributed by atoms with Crippen molar-refractivity contribution in [2.45, 2.75) is 37.8 Å². The number of aromatic amines is 1. The average molecular weight is 512 g/mol. The van der Waals surface area contributed by atoms with Gasteiger partial charge in [0.25, 0.3) is 5.91 Å². The molecule has 0 saturated heterocycles. The summed E-state index contributed by atoms with van der Waals surface area (Å²) in [4.78, 5) is 36.7. The molecule has 0 radical (unpaired) electrons. The van der Waals surface area contributed by atoms with Crippen LogP contribution in [0.2, 0.25) is 0 Å². The van der Waals surface area contributed by atoms with Gasteiger partial charge in [0, 0.05) is 25.4 Å². The molecule has 37 heavy (non-hydrogen) atoms. The monoisotopic (exact) mass is 511 g/mol. The summed E-state index contributed by atoms with van der Waals surface area (Å²) in [6.07, 6.45) is 5.93. The Morgan fingerprint density at radius 1 is 1.11 bits per heavy atom. The van der Waals surface area contributed by atoms with Crippen molar-refractivity contribution in [1.29, 1.82) is 0 Å². The molecule has 0 unspecified atom stereocenters. The van der Waals surface area contributed by atoms with Gasteiger partial charge in [-0.15, -0.1) is 0 Å². The first-order valence-electron chi connectivity index (χ1n) is 12.2. The van der Waals surface area contributed by atoms with Gasteiger partial charge in [0.15, 0.2) is 11.5 Å². The van der Waals surface area contributed by atoms with E-state index in [1.165, 1.54) is 6.33 Å². The molecule has 12 heteroatoms. The molecule has 3 heterocycles. The van der Waals surface area contributed by atoms with Gasteiger partial charge >= 0.3 is 0 Å². The molecule has 3 aromatic rings. The van der Waals surface area contributed by atoms with E-state index >= 15 is 0 Å². The number of rotatable bonds is 9. The Morgan fingerprint density at radius 2 is 1.89 bits per heavy atom. The first kappa shape index (κ1) is 24.8. The lowest BCUT2D eigenvalue weighted by atomic mass is 9.91. The molecule has 1 aromatic carbocycles. The zero-order valence-corrected chi connectivity index (χ0v) is 20.4. The van der Waals surface area contributed by atoms with Crippen LogP contribution < -0.4 is 24.8 Å². The molecule has 2 aromatic heterocycles. The van der Waals surface area contributed by atoms with E-state index in [-0.39, 0.29) is 30.7 Å². The fourth-order valence-electron chi connectivity index (χ4n) is 4.75. The molecule has 1 saturated carbocycles. The molecule has 1 aliphatic heterocycles. The molecule has 1 fully saturated rings. The number of nitrogens with one attached hydrogen (secondary N) is 3. The van der Waals surface area contributed by atoms with E-state index in [9.17, 15) is 9.59 Å². The summed E-state index contributed by atoms with van der Waals surface area (Å²) in [5, 5.41) is 14.8. The molecule has 0 atom stereocenters. The Hall–Kier alpha value is -3.90. The van der Waals surface area contributed by atoms with Crippen molar-refractivity contribution >= 4 is 22.8 Å². The summed E-state index contributed by atoms with van der Waals surface area (Å²) in [5.41, 5.74) is 2.59. The van der Waals surface area contributed by atoms with Crippen LogP contribution in [0, 0.1) is 0 Å². The highest BCUT2D eigenvalue weighted by atomic mass is 16.7. The van der Waals surface area contributed by atoms with Gasteiger partial charge in [0.1, 0.15) is 36.5 Å². The second-order valence-corrected chi connectivity index (χ2v) is 8.91. The lowest BCUT2D eigenvalue weighted by Gasteiger charge is -2.29. The Balaban J connectivity index is 1.38. The summed E-state index contributed by atoms with van der Waals surface area (Å²) in [7, 11) is 1.60. The molecule has 4 N–H and O–H groups in total. The average Bonchev–Trinajstić information content (AvgIpc) is 3.57. The second-order valence-electron chi connectivity index (χ2n) is 8.91. The van der Waals surface area contributed by atoms with Gasteiger partial charge in [-0.05, 0) is 37.8 Å². The maximum absolute atomic E-state index is 13.2. The number of amides is 2. The number of benzene rings is 1. The predicted octanol–water partition coefficient (Wildman–Crippen LogP) is 1.53. The molecular weight excluding hydrogens is 482 g/mol. The number of fused-ring (bicyclic) bond motifs is 2. The molecule has 0 bridgehead atoms. The highest BCUT2D eigenvalue weighted by molar-refractivity contribution is 6.08. The summed E-state index contributed by atoms with van der Waals surface area (Å²) in [6, 6.07) is 3.56. The van der Waals surface area contributed by atoms with E-state index in [1.54, 1.807) is 25.4 Å². The van der Waals surface area contributed by atoms with E-state index in [1.807, 2.05) is 0 Å². The molecule has 12 nitrogen and oxygen atoms in total. The van der Waals surface area contributed by atoms with Gasteiger partial charge in [0.2, 0.25) is 12.7 Å². The van der Waals surface area contributed by atoms with Gasteiger partial charge in [-0.25, -0.2) is 9.97 Å². The maximum atomic E-state index is 13.2. The van der Waals surface area contributed by atoms with Crippen molar-refractivity contribution in [1.82, 2.24) is 25.6 Å². The number of aliphatic hydroxyl groups excluding tert-OH is 1. The lowest BCUT2D eigenvalue weighted by Crippen LogP contribution is -2.44. The molecule has 5 rings (SSSR count). The van der Waals surface area contributed by atoms with E-state index in [0.717, 1.165) is 25.7 Å². The van der Waals surface area contributed by atoms with Crippen LogP contribution in [0.25, 0.3) is 22.3 Å². The number of aromatic nitrogens is 3. The van der Waals surface area contributed by atoms with Crippen molar-refractivity contribution in [3.8, 4) is 28.5 Å². The maximum Gasteiger partial charge on any atom is 0.255 e. The first-order valence-corrected chi connectivity index (χ1v) is 12.2. The molecule has 196 valence electrons. The third-order valence-corrected chi connectivity index (χ3v) is 6.56. The fourth-order valence-corrected chi connectivity index (χ4v) is 4.75. The second kappa shape index (κ2) is 11.0. The van der Waals surface area contributed by atoms with Crippen molar-refractivity contribution in [2.75, 3.05) is 33.7 Å². The van der Waals surface area contributed by atoms with E-state index in [4.69, 9.17) is 24.1 Å². The number of hydrogen-bond donors (Lipinski definition) is 4. The van der Waals surface area contributed by atoms with Gasteiger partial charge in [-0.2, -0.15) is 0 Å². The van der Waals surface area contributed by atoms with Crippen LogP contribution in [0.15, 0.2) is 24.7 Å². The minimum atomic E-state index is -0.521. The zero-order chi connectivity index (χ0) is 25.8. The standard InChI is InChI=1S/C25H29N5O7/c1-34-8-9-35-17-6-7-18-24(37-13-36-18)20(17)22-23-21(27-12-28-22)16(10-26-23)25(33)30-15-4-2-14(3-5-15)29-19(32)11-31/h6-7,10,12,14-15,26,31H,2-5,8-9,11,13H2,1H3,(H,29,32)(H,30,33). The number of carbonyl (C=O) groups excluding carboxylic acids is 2. The lowest BCUT2D eigenvalue weighted by molar-refractivity contribution is -0.124. The topological polar surface area (TPSA) is 157 Å². The predicted molar refractivity (Wildman–Crippen MR) is 132 cm³/mol.